The highest BCUT2D eigenvalue weighted by Gasteiger charge is 2.05. The van der Waals surface area contributed by atoms with Crippen molar-refractivity contribution in [3.63, 3.8) is 0 Å². The molecule has 6 heteroatoms. The van der Waals surface area contributed by atoms with Crippen LogP contribution in [0.25, 0.3) is 0 Å². The highest BCUT2D eigenvalue weighted by molar-refractivity contribution is 5.89. The van der Waals surface area contributed by atoms with E-state index in [0.717, 1.165) is 6.42 Å². The lowest BCUT2D eigenvalue weighted by molar-refractivity contribution is 0.0501. The van der Waals surface area contributed by atoms with Crippen molar-refractivity contribution in [2.75, 3.05) is 13.2 Å². The van der Waals surface area contributed by atoms with Crippen molar-refractivity contribution in [2.24, 2.45) is 0 Å². The Morgan fingerprint density at radius 1 is 0.760 bits per heavy atom. The van der Waals surface area contributed by atoms with Gasteiger partial charge in [-0.1, -0.05) is 6.92 Å². The summed E-state index contributed by atoms with van der Waals surface area (Å²) in [5.74, 6) is -0.422. The van der Waals surface area contributed by atoms with Crippen LogP contribution in [0, 0.1) is 0 Å². The second-order valence-electron chi connectivity index (χ2n) is 4.95. The van der Waals surface area contributed by atoms with E-state index in [4.69, 9.17) is 19.7 Å². The Morgan fingerprint density at radius 3 is 1.52 bits per heavy atom. The lowest BCUT2D eigenvalue weighted by atomic mass is 10.2. The molecule has 2 N–H and O–H groups in total. The number of carbonyl (C=O) groups excluding carboxylic acids is 2. The first-order chi connectivity index (χ1) is 12.0. The van der Waals surface area contributed by atoms with Crippen molar-refractivity contribution >= 4 is 11.9 Å². The smallest absolute Gasteiger partial charge is 0.338 e. The van der Waals surface area contributed by atoms with Crippen LogP contribution in [0.15, 0.2) is 48.5 Å². The van der Waals surface area contributed by atoms with Crippen molar-refractivity contribution in [3.05, 3.63) is 59.7 Å². The standard InChI is InChI=1S/C10H12O3.C9H10O3/c1-2-7-13-10(12)8-3-5-9(11)6-4-8;1-2-12-9(11)7-3-5-8(10)6-4-7/h3-6,11H,2,7H2,1H3;3-6,10H,2H2,1H3. The van der Waals surface area contributed by atoms with Crippen LogP contribution in [0.3, 0.4) is 0 Å². The molecule has 2 rings (SSSR count). The van der Waals surface area contributed by atoms with E-state index in [2.05, 4.69) is 0 Å². The number of benzene rings is 2. The maximum absolute atomic E-state index is 11.2. The zero-order chi connectivity index (χ0) is 18.7. The minimum absolute atomic E-state index is 0.142. The van der Waals surface area contributed by atoms with Crippen LogP contribution in [-0.4, -0.2) is 35.4 Å². The summed E-state index contributed by atoms with van der Waals surface area (Å²) in [5.41, 5.74) is 0.918. The van der Waals surface area contributed by atoms with Gasteiger partial charge in [-0.3, -0.25) is 0 Å². The Hall–Kier alpha value is -3.02. The van der Waals surface area contributed by atoms with Crippen molar-refractivity contribution < 1.29 is 29.3 Å². The van der Waals surface area contributed by atoms with Gasteiger partial charge in [-0.2, -0.15) is 0 Å². The number of rotatable bonds is 5. The highest BCUT2D eigenvalue weighted by Crippen LogP contribution is 2.11. The van der Waals surface area contributed by atoms with Crippen LogP contribution >= 0.6 is 0 Å². The molecule has 0 heterocycles. The molecule has 2 aromatic rings. The van der Waals surface area contributed by atoms with Crippen LogP contribution in [-0.2, 0) is 9.47 Å². The first-order valence-corrected chi connectivity index (χ1v) is 7.90. The molecule has 0 spiro atoms. The largest absolute Gasteiger partial charge is 0.508 e. The van der Waals surface area contributed by atoms with Gasteiger partial charge in [0.2, 0.25) is 0 Å². The molecule has 25 heavy (non-hydrogen) atoms. The number of esters is 2. The van der Waals surface area contributed by atoms with Gasteiger partial charge in [0.15, 0.2) is 0 Å². The fourth-order valence-electron chi connectivity index (χ4n) is 1.69. The quantitative estimate of drug-likeness (QED) is 0.805. The third kappa shape index (κ3) is 7.39. The summed E-state index contributed by atoms with van der Waals surface area (Å²) in [6.45, 7) is 4.47. The van der Waals surface area contributed by atoms with E-state index >= 15 is 0 Å². The van der Waals surface area contributed by atoms with E-state index in [-0.39, 0.29) is 23.4 Å². The number of phenols is 2. The Bertz CT molecular complexity index is 661. The fourth-order valence-corrected chi connectivity index (χ4v) is 1.69. The summed E-state index contributed by atoms with van der Waals surface area (Å²) in [7, 11) is 0. The zero-order valence-corrected chi connectivity index (χ0v) is 14.3. The molecule has 2 aromatic carbocycles. The summed E-state index contributed by atoms with van der Waals surface area (Å²) >= 11 is 0. The average Bonchev–Trinajstić information content (AvgIpc) is 2.61. The van der Waals surface area contributed by atoms with Gasteiger partial charge in [0.1, 0.15) is 11.5 Å². The van der Waals surface area contributed by atoms with Gasteiger partial charge in [0.25, 0.3) is 0 Å². The molecule has 0 aromatic heterocycles. The van der Waals surface area contributed by atoms with Gasteiger partial charge >= 0.3 is 11.9 Å². The second-order valence-corrected chi connectivity index (χ2v) is 4.95. The van der Waals surface area contributed by atoms with E-state index in [1.165, 1.54) is 48.5 Å². The number of hydrogen-bond acceptors (Lipinski definition) is 6. The molecule has 0 radical (unpaired) electrons. The Morgan fingerprint density at radius 2 is 1.16 bits per heavy atom. The summed E-state index contributed by atoms with van der Waals surface area (Å²) in [6, 6.07) is 11.9. The second kappa shape index (κ2) is 10.7. The number of ether oxygens (including phenoxy) is 2. The van der Waals surface area contributed by atoms with Gasteiger partial charge in [-0.15, -0.1) is 0 Å². The topological polar surface area (TPSA) is 93.1 Å². The molecule has 0 unspecified atom stereocenters. The van der Waals surface area contributed by atoms with Crippen LogP contribution in [0.4, 0.5) is 0 Å². The van der Waals surface area contributed by atoms with E-state index in [1.54, 1.807) is 6.92 Å². The van der Waals surface area contributed by atoms with Gasteiger partial charge < -0.3 is 19.7 Å². The monoisotopic (exact) mass is 346 g/mol. The third-order valence-electron chi connectivity index (χ3n) is 2.92. The molecule has 6 nitrogen and oxygen atoms in total. The molecule has 0 aliphatic rings. The highest BCUT2D eigenvalue weighted by atomic mass is 16.5. The molecular formula is C19H22O6. The summed E-state index contributed by atoms with van der Waals surface area (Å²) in [5, 5.41) is 17.9. The van der Waals surface area contributed by atoms with E-state index < -0.39 is 0 Å². The van der Waals surface area contributed by atoms with Gasteiger partial charge in [-0.25, -0.2) is 9.59 Å². The van der Waals surface area contributed by atoms with Crippen LogP contribution < -0.4 is 0 Å². The SMILES string of the molecule is CCCOC(=O)c1ccc(O)cc1.CCOC(=O)c1ccc(O)cc1. The predicted molar refractivity (Wildman–Crippen MR) is 92.7 cm³/mol. The van der Waals surface area contributed by atoms with Crippen molar-refractivity contribution in [1.29, 1.82) is 0 Å². The zero-order valence-electron chi connectivity index (χ0n) is 14.3. The van der Waals surface area contributed by atoms with Gasteiger partial charge in [-0.05, 0) is 61.9 Å². The number of aromatic hydroxyl groups is 2. The minimum Gasteiger partial charge on any atom is -0.508 e. The lowest BCUT2D eigenvalue weighted by Gasteiger charge is -2.02. The molecule has 0 fully saturated rings. The molecule has 0 amide bonds. The van der Waals surface area contributed by atoms with Crippen LogP contribution in [0.1, 0.15) is 41.0 Å². The summed E-state index contributed by atoms with van der Waals surface area (Å²) in [6.07, 6.45) is 0.809. The van der Waals surface area contributed by atoms with Gasteiger partial charge in [0.05, 0.1) is 24.3 Å². The Kier molecular flexibility index (Phi) is 8.57. The summed E-state index contributed by atoms with van der Waals surface area (Å²) in [4.78, 5) is 22.3. The average molecular weight is 346 g/mol. The van der Waals surface area contributed by atoms with Crippen molar-refractivity contribution in [3.8, 4) is 11.5 Å². The van der Waals surface area contributed by atoms with E-state index in [0.29, 0.717) is 24.3 Å². The van der Waals surface area contributed by atoms with Crippen LogP contribution in [0.5, 0.6) is 11.5 Å². The number of carbonyl (C=O) groups is 2. The Balaban J connectivity index is 0.000000251. The van der Waals surface area contributed by atoms with Crippen molar-refractivity contribution in [2.45, 2.75) is 20.3 Å². The number of phenolic OH excluding ortho intramolecular Hbond substituents is 2. The van der Waals surface area contributed by atoms with Crippen LogP contribution in [0.2, 0.25) is 0 Å². The van der Waals surface area contributed by atoms with E-state index in [1.807, 2.05) is 6.92 Å². The normalized spacial score (nSPS) is 9.52. The van der Waals surface area contributed by atoms with Gasteiger partial charge in [0, 0.05) is 0 Å². The molecule has 0 atom stereocenters. The maximum atomic E-state index is 11.2. The predicted octanol–water partition coefficient (Wildman–Crippen LogP) is 3.53. The first kappa shape index (κ1) is 20.0. The molecular weight excluding hydrogens is 324 g/mol. The molecule has 134 valence electrons. The Labute approximate surface area is 146 Å². The van der Waals surface area contributed by atoms with E-state index in [9.17, 15) is 9.59 Å². The fraction of sp³-hybridized carbons (Fsp3) is 0.263. The molecule has 0 saturated heterocycles. The molecule has 0 aliphatic carbocycles. The maximum Gasteiger partial charge on any atom is 0.338 e. The first-order valence-electron chi connectivity index (χ1n) is 7.90. The number of hydrogen-bond donors (Lipinski definition) is 2. The van der Waals surface area contributed by atoms with Crippen molar-refractivity contribution in [1.82, 2.24) is 0 Å². The minimum atomic E-state index is -0.363. The molecule has 0 aliphatic heterocycles. The molecule has 0 bridgehead atoms. The summed E-state index contributed by atoms with van der Waals surface area (Å²) < 4.78 is 9.64. The third-order valence-corrected chi connectivity index (χ3v) is 2.92. The lowest BCUT2D eigenvalue weighted by Crippen LogP contribution is -2.05. The molecule has 0 saturated carbocycles.